The smallest absolute Gasteiger partial charge is 0 e. The van der Waals surface area contributed by atoms with Crippen LogP contribution in [0.5, 0.6) is 0 Å². The molecule has 0 saturated heterocycles. The fourth-order valence-corrected chi connectivity index (χ4v) is 0.321. The topological polar surface area (TPSA) is 59.7 Å². The SMILES string of the molecule is C[C]=[C]C.[C-]#[O+].[C-]#[O+].[C-]#[O+].[CH]1[CH][CH][CH][CH]1.[Mo]. The van der Waals surface area contributed by atoms with E-state index < -0.39 is 0 Å². The average molecular weight is 299 g/mol. The molecule has 1 aliphatic rings. The summed E-state index contributed by atoms with van der Waals surface area (Å²) in [4.78, 5) is 0. The van der Waals surface area contributed by atoms with Gasteiger partial charge in [-0.3, -0.25) is 0 Å². The minimum absolute atomic E-state index is 0. The van der Waals surface area contributed by atoms with Crippen LogP contribution in [0.1, 0.15) is 13.8 Å². The first-order valence-corrected chi connectivity index (χ1v) is 3.53. The Hall–Kier alpha value is -0.352. The summed E-state index contributed by atoms with van der Waals surface area (Å²) >= 11 is 0. The van der Waals surface area contributed by atoms with E-state index in [2.05, 4.69) is 32.1 Å². The summed E-state index contributed by atoms with van der Waals surface area (Å²) in [6.45, 7) is 17.1. The van der Waals surface area contributed by atoms with Crippen molar-refractivity contribution >= 4 is 0 Å². The molecule has 4 heteroatoms. The average Bonchev–Trinajstić information content (AvgIpc) is 2.95. The van der Waals surface area contributed by atoms with Gasteiger partial charge in [0.25, 0.3) is 0 Å². The van der Waals surface area contributed by atoms with Gasteiger partial charge in [-0.05, 0) is 58.1 Å². The molecule has 16 heavy (non-hydrogen) atoms. The van der Waals surface area contributed by atoms with Crippen LogP contribution in [0.3, 0.4) is 0 Å². The van der Waals surface area contributed by atoms with E-state index in [1.54, 1.807) is 0 Å². The normalized spacial score (nSPS) is 10.2. The Morgan fingerprint density at radius 3 is 0.812 bits per heavy atom. The molecule has 0 aromatic rings. The van der Waals surface area contributed by atoms with E-state index in [4.69, 9.17) is 14.0 Å². The van der Waals surface area contributed by atoms with Crippen LogP contribution in [0.2, 0.25) is 0 Å². The Kier molecular flexibility index (Phi) is 114. The van der Waals surface area contributed by atoms with Gasteiger partial charge in [-0.15, -0.1) is 0 Å². The maximum absolute atomic E-state index is 7.50. The second-order valence-corrected chi connectivity index (χ2v) is 1.46. The van der Waals surface area contributed by atoms with E-state index in [0.717, 1.165) is 0 Å². The molecule has 83 valence electrons. The van der Waals surface area contributed by atoms with Crippen LogP contribution in [-0.4, -0.2) is 0 Å². The summed E-state index contributed by atoms with van der Waals surface area (Å²) < 4.78 is 22.5. The number of rotatable bonds is 0. The zero-order valence-electron chi connectivity index (χ0n) is 9.02. The third-order valence-electron chi connectivity index (χ3n) is 0.806. The molecule has 0 N–H and O–H groups in total. The summed E-state index contributed by atoms with van der Waals surface area (Å²) in [5, 5.41) is 0. The number of hydrogen-bond donors (Lipinski definition) is 0. The molecule has 1 aliphatic carbocycles. The van der Waals surface area contributed by atoms with Crippen LogP contribution in [-0.2, 0) is 35.0 Å². The van der Waals surface area contributed by atoms with Crippen molar-refractivity contribution in [3.8, 4) is 0 Å². The summed E-state index contributed by atoms with van der Waals surface area (Å²) in [7, 11) is 0. The molecule has 3 nitrogen and oxygen atoms in total. The maximum atomic E-state index is 7.50. The van der Waals surface area contributed by atoms with Gasteiger partial charge in [-0.2, -0.15) is 0 Å². The molecular weight excluding hydrogens is 288 g/mol. The zero-order valence-corrected chi connectivity index (χ0v) is 11.0. The van der Waals surface area contributed by atoms with Crippen LogP contribution in [0, 0.1) is 64.2 Å². The molecule has 1 rings (SSSR count). The van der Waals surface area contributed by atoms with E-state index in [0.29, 0.717) is 0 Å². The van der Waals surface area contributed by atoms with Gasteiger partial charge in [0.2, 0.25) is 0 Å². The number of allylic oxidation sites excluding steroid dienone is 2. The molecular formula is C12H11MoO3. The Labute approximate surface area is 113 Å². The quantitative estimate of drug-likeness (QED) is 0.374. The van der Waals surface area contributed by atoms with Crippen LogP contribution in [0.4, 0.5) is 0 Å². The standard InChI is InChI=1S/C5H5.C4H6.3CO.Mo/c1-2-4-5-3-1;1-3-4-2;3*1-2;/h1-5H;1-2H3;;;;. The van der Waals surface area contributed by atoms with Gasteiger partial charge >= 0.3 is 33.9 Å². The van der Waals surface area contributed by atoms with Gasteiger partial charge in [-0.1, -0.05) is 0 Å². The van der Waals surface area contributed by atoms with Crippen molar-refractivity contribution in [2.75, 3.05) is 0 Å². The molecule has 0 atom stereocenters. The van der Waals surface area contributed by atoms with Crippen LogP contribution in [0.25, 0.3) is 0 Å². The monoisotopic (exact) mass is 301 g/mol. The summed E-state index contributed by atoms with van der Waals surface area (Å²) in [5.41, 5.74) is 0. The Morgan fingerprint density at radius 2 is 0.750 bits per heavy atom. The zero-order chi connectivity index (χ0) is 12.9. The van der Waals surface area contributed by atoms with Crippen molar-refractivity contribution in [3.63, 3.8) is 0 Å². The largest absolute Gasteiger partial charge is 0.0312 e. The van der Waals surface area contributed by atoms with Gasteiger partial charge in [0.05, 0.1) is 0 Å². The van der Waals surface area contributed by atoms with E-state index >= 15 is 0 Å². The molecule has 0 heterocycles. The van der Waals surface area contributed by atoms with E-state index in [9.17, 15) is 0 Å². The van der Waals surface area contributed by atoms with E-state index in [1.165, 1.54) is 0 Å². The van der Waals surface area contributed by atoms with E-state index in [-0.39, 0.29) is 21.1 Å². The minimum atomic E-state index is 0. The molecule has 0 spiro atoms. The predicted molar refractivity (Wildman–Crippen MR) is 51.1 cm³/mol. The molecule has 1 saturated carbocycles. The van der Waals surface area contributed by atoms with Crippen LogP contribution >= 0.6 is 0 Å². The molecule has 0 unspecified atom stereocenters. The van der Waals surface area contributed by atoms with Crippen LogP contribution < -0.4 is 0 Å². The first kappa shape index (κ1) is 29.6. The summed E-state index contributed by atoms with van der Waals surface area (Å²) in [6, 6.07) is 0. The fourth-order valence-electron chi connectivity index (χ4n) is 0.321. The predicted octanol–water partition coefficient (Wildman–Crippen LogP) is 2.10. The second kappa shape index (κ2) is 61.7. The minimum Gasteiger partial charge on any atom is -0.0312 e. The third-order valence-corrected chi connectivity index (χ3v) is 0.806. The molecule has 0 aliphatic heterocycles. The van der Waals surface area contributed by atoms with Gasteiger partial charge in [0, 0.05) is 21.1 Å². The Morgan fingerprint density at radius 1 is 0.625 bits per heavy atom. The second-order valence-electron chi connectivity index (χ2n) is 1.46. The van der Waals surface area contributed by atoms with Crippen molar-refractivity contribution in [3.05, 3.63) is 64.2 Å². The summed E-state index contributed by atoms with van der Waals surface area (Å²) in [6.07, 6.45) is 15.4. The van der Waals surface area contributed by atoms with Crippen molar-refractivity contribution in [1.82, 2.24) is 0 Å². The molecule has 0 aromatic heterocycles. The molecule has 0 amide bonds. The Bertz CT molecular complexity index is 130. The van der Waals surface area contributed by atoms with Crippen molar-refractivity contribution < 1.29 is 35.0 Å². The third kappa shape index (κ3) is 68.4. The molecule has 7 radical (unpaired) electrons. The molecule has 0 bridgehead atoms. The maximum Gasteiger partial charge on any atom is 0 e. The first-order valence-electron chi connectivity index (χ1n) is 3.53. The van der Waals surface area contributed by atoms with E-state index in [1.807, 2.05) is 46.0 Å². The first-order chi connectivity index (χ1) is 7.41. The Balaban J connectivity index is -0.0000000337. The van der Waals surface area contributed by atoms with Crippen LogP contribution in [0.15, 0.2) is 0 Å². The van der Waals surface area contributed by atoms with Crippen molar-refractivity contribution in [1.29, 1.82) is 0 Å². The van der Waals surface area contributed by atoms with Crippen molar-refractivity contribution in [2.45, 2.75) is 13.8 Å². The van der Waals surface area contributed by atoms with Crippen molar-refractivity contribution in [2.24, 2.45) is 0 Å². The van der Waals surface area contributed by atoms with Gasteiger partial charge < -0.3 is 0 Å². The fraction of sp³-hybridized carbons (Fsp3) is 0.167. The van der Waals surface area contributed by atoms with Gasteiger partial charge in [0.15, 0.2) is 0 Å². The molecule has 1 fully saturated rings. The summed E-state index contributed by atoms with van der Waals surface area (Å²) in [5.74, 6) is 0. The van der Waals surface area contributed by atoms with Gasteiger partial charge in [-0.25, -0.2) is 0 Å². The molecule has 0 aromatic carbocycles. The number of hydrogen-bond acceptors (Lipinski definition) is 0. The van der Waals surface area contributed by atoms with Gasteiger partial charge in [0.1, 0.15) is 0 Å².